The summed E-state index contributed by atoms with van der Waals surface area (Å²) in [6.07, 6.45) is 1.06. The summed E-state index contributed by atoms with van der Waals surface area (Å²) in [4.78, 5) is 23.8. The van der Waals surface area contributed by atoms with Gasteiger partial charge in [-0.15, -0.1) is 0 Å². The lowest BCUT2D eigenvalue weighted by atomic mass is 9.94. The zero-order valence-corrected chi connectivity index (χ0v) is 11.6. The van der Waals surface area contributed by atoms with Crippen molar-refractivity contribution in [2.75, 3.05) is 5.32 Å². The smallest absolute Gasteiger partial charge is 0.224 e. The van der Waals surface area contributed by atoms with Gasteiger partial charge < -0.3 is 5.32 Å². The summed E-state index contributed by atoms with van der Waals surface area (Å²) in [7, 11) is 0. The topological polar surface area (TPSA) is 46.2 Å². The molecule has 0 fully saturated rings. The van der Waals surface area contributed by atoms with Crippen LogP contribution >= 0.6 is 0 Å². The van der Waals surface area contributed by atoms with E-state index in [0.717, 1.165) is 11.3 Å². The second-order valence-electron chi connectivity index (χ2n) is 5.21. The maximum atomic E-state index is 13.1. The van der Waals surface area contributed by atoms with Crippen LogP contribution in [0.4, 0.5) is 10.1 Å². The fourth-order valence-electron chi connectivity index (χ4n) is 2.56. The van der Waals surface area contributed by atoms with Crippen LogP contribution in [-0.4, -0.2) is 11.7 Å². The van der Waals surface area contributed by atoms with Gasteiger partial charge in [0.25, 0.3) is 0 Å². The zero-order valence-electron chi connectivity index (χ0n) is 11.6. The van der Waals surface area contributed by atoms with E-state index in [2.05, 4.69) is 5.32 Å². The van der Waals surface area contributed by atoms with Crippen molar-refractivity contribution in [3.8, 4) is 0 Å². The fourth-order valence-corrected chi connectivity index (χ4v) is 2.56. The number of hydrogen-bond acceptors (Lipinski definition) is 2. The molecule has 1 aliphatic heterocycles. The fraction of sp³-hybridized carbons (Fsp3) is 0.176. The lowest BCUT2D eigenvalue weighted by Crippen LogP contribution is -2.19. The van der Waals surface area contributed by atoms with Gasteiger partial charge in [-0.05, 0) is 60.9 Å². The summed E-state index contributed by atoms with van der Waals surface area (Å²) in [5.74, 6) is -0.486. The van der Waals surface area contributed by atoms with Crippen LogP contribution in [0, 0.1) is 12.7 Å². The molecule has 2 aromatic rings. The largest absolute Gasteiger partial charge is 0.326 e. The highest BCUT2D eigenvalue weighted by Gasteiger charge is 2.18. The summed E-state index contributed by atoms with van der Waals surface area (Å²) in [6, 6.07) is 9.40. The third-order valence-electron chi connectivity index (χ3n) is 3.70. The third kappa shape index (κ3) is 2.57. The Labute approximate surface area is 121 Å². The number of amides is 1. The van der Waals surface area contributed by atoms with Crippen LogP contribution in [0.25, 0.3) is 0 Å². The minimum Gasteiger partial charge on any atom is -0.326 e. The van der Waals surface area contributed by atoms with Crippen LogP contribution in [0.2, 0.25) is 0 Å². The van der Waals surface area contributed by atoms with Gasteiger partial charge in [0.2, 0.25) is 5.91 Å². The number of carbonyl (C=O) groups is 2. The number of fused-ring (bicyclic) bond motifs is 1. The predicted octanol–water partition coefficient (Wildman–Crippen LogP) is 3.25. The van der Waals surface area contributed by atoms with E-state index in [-0.39, 0.29) is 17.5 Å². The molecule has 1 aliphatic rings. The second kappa shape index (κ2) is 5.13. The third-order valence-corrected chi connectivity index (χ3v) is 3.70. The number of carbonyl (C=O) groups excluding carboxylic acids is 2. The number of anilines is 1. The Morgan fingerprint density at radius 3 is 2.71 bits per heavy atom. The minimum absolute atomic E-state index is 0.00374. The molecule has 0 saturated carbocycles. The standard InChI is InChI=1S/C17H14FNO2/c1-10-8-13(18)4-5-14(10)17(21)12-2-6-15-11(9-12)3-7-16(20)19-15/h2,4-6,8-9H,3,7H2,1H3,(H,19,20). The van der Waals surface area contributed by atoms with Crippen LogP contribution < -0.4 is 5.32 Å². The molecule has 3 nitrogen and oxygen atoms in total. The van der Waals surface area contributed by atoms with Crippen LogP contribution in [0.15, 0.2) is 36.4 Å². The first-order valence-corrected chi connectivity index (χ1v) is 6.78. The Bertz CT molecular complexity index is 752. The van der Waals surface area contributed by atoms with Crippen LogP contribution in [0.5, 0.6) is 0 Å². The molecule has 0 bridgehead atoms. The summed E-state index contributed by atoms with van der Waals surface area (Å²) in [6.45, 7) is 1.72. The summed E-state index contributed by atoms with van der Waals surface area (Å²) in [5.41, 5.74) is 3.39. The van der Waals surface area contributed by atoms with Crippen LogP contribution in [-0.2, 0) is 11.2 Å². The maximum Gasteiger partial charge on any atom is 0.224 e. The number of rotatable bonds is 2. The van der Waals surface area contributed by atoms with Crippen molar-refractivity contribution in [3.05, 3.63) is 64.5 Å². The number of halogens is 1. The van der Waals surface area contributed by atoms with Gasteiger partial charge >= 0.3 is 0 Å². The van der Waals surface area contributed by atoms with Gasteiger partial charge in [-0.25, -0.2) is 4.39 Å². The molecule has 0 unspecified atom stereocenters. The van der Waals surface area contributed by atoms with Gasteiger partial charge in [0.05, 0.1) is 0 Å². The van der Waals surface area contributed by atoms with E-state index < -0.39 is 0 Å². The highest BCUT2D eigenvalue weighted by Crippen LogP contribution is 2.25. The number of aryl methyl sites for hydroxylation is 2. The molecule has 4 heteroatoms. The highest BCUT2D eigenvalue weighted by atomic mass is 19.1. The van der Waals surface area contributed by atoms with Crippen molar-refractivity contribution in [3.63, 3.8) is 0 Å². The molecule has 1 amide bonds. The maximum absolute atomic E-state index is 13.1. The molecule has 0 radical (unpaired) electrons. The Morgan fingerprint density at radius 2 is 1.95 bits per heavy atom. The van der Waals surface area contributed by atoms with Crippen molar-refractivity contribution in [2.45, 2.75) is 19.8 Å². The second-order valence-corrected chi connectivity index (χ2v) is 5.21. The Morgan fingerprint density at radius 1 is 1.14 bits per heavy atom. The van der Waals surface area contributed by atoms with E-state index in [1.165, 1.54) is 18.2 Å². The average Bonchev–Trinajstić information content (AvgIpc) is 2.46. The van der Waals surface area contributed by atoms with E-state index in [9.17, 15) is 14.0 Å². The molecule has 1 heterocycles. The molecule has 0 aliphatic carbocycles. The first-order chi connectivity index (χ1) is 10.0. The Hall–Kier alpha value is -2.49. The Balaban J connectivity index is 1.97. The van der Waals surface area contributed by atoms with Gasteiger partial charge in [0.15, 0.2) is 5.78 Å². The lowest BCUT2D eigenvalue weighted by molar-refractivity contribution is -0.116. The van der Waals surface area contributed by atoms with Crippen LogP contribution in [0.1, 0.15) is 33.5 Å². The molecule has 1 N–H and O–H groups in total. The van der Waals surface area contributed by atoms with E-state index in [0.29, 0.717) is 29.5 Å². The lowest BCUT2D eigenvalue weighted by Gasteiger charge is -2.17. The van der Waals surface area contributed by atoms with Crippen molar-refractivity contribution in [1.82, 2.24) is 0 Å². The monoisotopic (exact) mass is 283 g/mol. The SMILES string of the molecule is Cc1cc(F)ccc1C(=O)c1ccc2c(c1)CCC(=O)N2. The molecule has 0 saturated heterocycles. The molecule has 106 valence electrons. The zero-order chi connectivity index (χ0) is 15.0. The molecule has 0 atom stereocenters. The minimum atomic E-state index is -0.350. The van der Waals surface area contributed by atoms with Gasteiger partial charge in [-0.2, -0.15) is 0 Å². The van der Waals surface area contributed by atoms with Gasteiger partial charge in [0.1, 0.15) is 5.82 Å². The van der Waals surface area contributed by atoms with Gasteiger partial charge in [0, 0.05) is 23.2 Å². The summed E-state index contributed by atoms with van der Waals surface area (Å²) >= 11 is 0. The Kier molecular flexibility index (Phi) is 3.29. The van der Waals surface area contributed by atoms with Gasteiger partial charge in [-0.3, -0.25) is 9.59 Å². The van der Waals surface area contributed by atoms with E-state index in [1.54, 1.807) is 25.1 Å². The molecule has 2 aromatic carbocycles. The molecule has 0 aromatic heterocycles. The molecule has 0 spiro atoms. The molecular weight excluding hydrogens is 269 g/mol. The number of nitrogens with one attached hydrogen (secondary N) is 1. The number of hydrogen-bond donors (Lipinski definition) is 1. The van der Waals surface area contributed by atoms with Crippen LogP contribution in [0.3, 0.4) is 0 Å². The summed E-state index contributed by atoms with van der Waals surface area (Å²) in [5, 5.41) is 2.78. The first kappa shape index (κ1) is 13.5. The van der Waals surface area contributed by atoms with E-state index >= 15 is 0 Å². The molecular formula is C17H14FNO2. The molecule has 21 heavy (non-hydrogen) atoms. The number of benzene rings is 2. The van der Waals surface area contributed by atoms with Crippen molar-refractivity contribution in [1.29, 1.82) is 0 Å². The molecule has 3 rings (SSSR count). The van der Waals surface area contributed by atoms with Gasteiger partial charge in [-0.1, -0.05) is 0 Å². The van der Waals surface area contributed by atoms with Crippen molar-refractivity contribution < 1.29 is 14.0 Å². The summed E-state index contributed by atoms with van der Waals surface area (Å²) < 4.78 is 13.1. The first-order valence-electron chi connectivity index (χ1n) is 6.78. The highest BCUT2D eigenvalue weighted by molar-refractivity contribution is 6.10. The number of ketones is 1. The van der Waals surface area contributed by atoms with E-state index in [4.69, 9.17) is 0 Å². The average molecular weight is 283 g/mol. The quantitative estimate of drug-likeness (QED) is 0.860. The van der Waals surface area contributed by atoms with E-state index in [1.807, 2.05) is 0 Å². The predicted molar refractivity (Wildman–Crippen MR) is 78.0 cm³/mol. The van der Waals surface area contributed by atoms with Crippen molar-refractivity contribution >= 4 is 17.4 Å². The van der Waals surface area contributed by atoms with Crippen molar-refractivity contribution in [2.24, 2.45) is 0 Å². The normalized spacial score (nSPS) is 13.5.